The van der Waals surface area contributed by atoms with Crippen LogP contribution in [-0.4, -0.2) is 121 Å². The van der Waals surface area contributed by atoms with Gasteiger partial charge in [-0.3, -0.25) is 14.4 Å². The average molecular weight is 878 g/mol. The van der Waals surface area contributed by atoms with Crippen LogP contribution >= 0.6 is 0 Å². The lowest BCUT2D eigenvalue weighted by molar-refractivity contribution is -0.314. The van der Waals surface area contributed by atoms with E-state index in [0.717, 1.165) is 43.4 Å². The number of rotatable bonds is 17. The number of carbonyl (C=O) groups excluding carboxylic acids is 4. The van der Waals surface area contributed by atoms with E-state index in [1.807, 2.05) is 6.07 Å². The molecule has 4 amide bonds. The largest absolute Gasteiger partial charge is 0.507 e. The zero-order valence-electron chi connectivity index (χ0n) is 35.7. The quantitative estimate of drug-likeness (QED) is 0.0969. The molecule has 2 saturated carbocycles. The van der Waals surface area contributed by atoms with Crippen molar-refractivity contribution >= 4 is 29.8 Å². The van der Waals surface area contributed by atoms with Gasteiger partial charge in [0, 0.05) is 37.1 Å². The Hall–Kier alpha value is -5.63. The minimum Gasteiger partial charge on any atom is -0.507 e. The number of phenols is 1. The van der Waals surface area contributed by atoms with E-state index in [9.17, 15) is 44.4 Å². The summed E-state index contributed by atoms with van der Waals surface area (Å²) in [5, 5.41) is 62.9. The van der Waals surface area contributed by atoms with Crippen molar-refractivity contribution in [3.63, 3.8) is 0 Å². The number of carbonyl (C=O) groups is 5. The number of alkyl carbamates (subject to hydrolysis) is 1. The molecule has 0 bridgehead atoms. The molecule has 2 aromatic carbocycles. The number of amides is 4. The Bertz CT molecular complexity index is 2040. The number of aryl methyl sites for hydroxylation is 2. The summed E-state index contributed by atoms with van der Waals surface area (Å²) in [7, 11) is 0. The Morgan fingerprint density at radius 1 is 0.937 bits per heavy atom. The molecule has 8 N–H and O–H groups in total. The first-order chi connectivity index (χ1) is 30.2. The molecule has 342 valence electrons. The predicted octanol–water partition coefficient (Wildman–Crippen LogP) is 2.62. The van der Waals surface area contributed by atoms with Crippen LogP contribution in [0.5, 0.6) is 5.75 Å². The standard InChI is InChI=1S/C44H59N7O12/c1-26-17-30(18-27(2)40(26)56)41(57)45-21-31(52)19-36-39(48-38(55)24-51-23-33(49-50-51)29-13-7-4-8-14-29)34(53)20-44(63-36,42(58)59)62-35-16-10-9-15-32(35)47-37(54)22-46-43(60)61-25-28-11-5-3-6-12-28/h3,5-6,11-12,17-18,23,29,31-32,34-36,39,52-53,56H,4,7-10,13-16,19-22,24-25H2,1-2H3,(H,45,57)(H,46,60)(H,47,54)(H,48,55)(H,58,59)/t31-,32?,34-,35?,36?,39+,44+/m0/s1. The monoisotopic (exact) mass is 877 g/mol. The number of carboxylic acid groups (broad SMARTS) is 1. The van der Waals surface area contributed by atoms with Gasteiger partial charge in [0.15, 0.2) is 0 Å². The van der Waals surface area contributed by atoms with E-state index in [1.165, 1.54) is 16.8 Å². The summed E-state index contributed by atoms with van der Waals surface area (Å²) in [5.41, 5.74) is 2.78. The lowest BCUT2D eigenvalue weighted by atomic mass is 9.87. The number of carboxylic acids is 1. The second-order valence-electron chi connectivity index (χ2n) is 16.8. The smallest absolute Gasteiger partial charge is 0.407 e. The fourth-order valence-corrected chi connectivity index (χ4v) is 8.60. The van der Waals surface area contributed by atoms with E-state index in [2.05, 4.69) is 31.6 Å². The number of nitrogens with zero attached hydrogens (tertiary/aromatic N) is 3. The Morgan fingerprint density at radius 3 is 2.35 bits per heavy atom. The van der Waals surface area contributed by atoms with Crippen molar-refractivity contribution in [1.82, 2.24) is 36.3 Å². The van der Waals surface area contributed by atoms with Crippen molar-refractivity contribution in [3.05, 3.63) is 76.6 Å². The van der Waals surface area contributed by atoms with E-state index < -0.39 is 85.0 Å². The maximum atomic E-state index is 13.5. The molecule has 0 spiro atoms. The maximum absolute atomic E-state index is 13.5. The van der Waals surface area contributed by atoms with Crippen LogP contribution < -0.4 is 21.3 Å². The second-order valence-corrected chi connectivity index (χ2v) is 16.8. The van der Waals surface area contributed by atoms with Gasteiger partial charge in [-0.05, 0) is 68.4 Å². The first-order valence-electron chi connectivity index (χ1n) is 21.7. The van der Waals surface area contributed by atoms with Gasteiger partial charge in [0.1, 0.15) is 25.4 Å². The molecule has 3 fully saturated rings. The van der Waals surface area contributed by atoms with Gasteiger partial charge < -0.3 is 55.9 Å². The number of aliphatic hydroxyl groups excluding tert-OH is 2. The van der Waals surface area contributed by atoms with E-state index in [-0.39, 0.29) is 43.3 Å². The summed E-state index contributed by atoms with van der Waals surface area (Å²) >= 11 is 0. The van der Waals surface area contributed by atoms with Crippen LogP contribution in [0.2, 0.25) is 0 Å². The highest BCUT2D eigenvalue weighted by Gasteiger charge is 2.55. The summed E-state index contributed by atoms with van der Waals surface area (Å²) in [6.07, 6.45) is 2.10. The predicted molar refractivity (Wildman–Crippen MR) is 224 cm³/mol. The molecular weight excluding hydrogens is 819 g/mol. The third-order valence-electron chi connectivity index (χ3n) is 11.9. The summed E-state index contributed by atoms with van der Waals surface area (Å²) < 4.78 is 19.1. The summed E-state index contributed by atoms with van der Waals surface area (Å²) in [6, 6.07) is 10.1. The van der Waals surface area contributed by atoms with Crippen LogP contribution in [0.25, 0.3) is 0 Å². The molecule has 6 rings (SSSR count). The number of phenolic OH excluding ortho intramolecular Hbond substituents is 1. The number of aromatic hydroxyl groups is 1. The minimum absolute atomic E-state index is 0.00936. The first-order valence-corrected chi connectivity index (χ1v) is 21.7. The fourth-order valence-electron chi connectivity index (χ4n) is 8.60. The van der Waals surface area contributed by atoms with Crippen LogP contribution in [0.1, 0.15) is 109 Å². The van der Waals surface area contributed by atoms with E-state index in [1.54, 1.807) is 44.3 Å². The third kappa shape index (κ3) is 12.7. The second kappa shape index (κ2) is 21.6. The van der Waals surface area contributed by atoms with Crippen LogP contribution in [0.4, 0.5) is 4.79 Å². The number of hydrogen-bond acceptors (Lipinski definition) is 13. The van der Waals surface area contributed by atoms with Gasteiger partial charge in [0.25, 0.3) is 11.7 Å². The topological polar surface area (TPSA) is 273 Å². The lowest BCUT2D eigenvalue weighted by Crippen LogP contribution is -2.66. The maximum Gasteiger partial charge on any atom is 0.407 e. The van der Waals surface area contributed by atoms with E-state index >= 15 is 0 Å². The Balaban J connectivity index is 1.13. The number of hydrogen-bond donors (Lipinski definition) is 8. The molecule has 63 heavy (non-hydrogen) atoms. The third-order valence-corrected chi connectivity index (χ3v) is 11.9. The molecule has 3 aromatic rings. The van der Waals surface area contributed by atoms with Crippen molar-refractivity contribution in [1.29, 1.82) is 0 Å². The molecule has 0 radical (unpaired) electrons. The molecule has 2 heterocycles. The van der Waals surface area contributed by atoms with Crippen molar-refractivity contribution < 1.29 is 58.6 Å². The zero-order chi connectivity index (χ0) is 45.1. The Kier molecular flexibility index (Phi) is 16.1. The molecular formula is C44H59N7O12. The number of benzene rings is 2. The number of ether oxygens (including phenoxy) is 3. The summed E-state index contributed by atoms with van der Waals surface area (Å²) in [4.78, 5) is 65.1. The Labute approximate surface area is 365 Å². The highest BCUT2D eigenvalue weighted by Crippen LogP contribution is 2.37. The highest BCUT2D eigenvalue weighted by atomic mass is 16.7. The normalized spacial score (nSPS) is 24.4. The van der Waals surface area contributed by atoms with Crippen LogP contribution in [0, 0.1) is 13.8 Å². The van der Waals surface area contributed by atoms with Crippen molar-refractivity contribution in [2.75, 3.05) is 13.1 Å². The lowest BCUT2D eigenvalue weighted by Gasteiger charge is -2.47. The molecule has 7 atom stereocenters. The molecule has 19 nitrogen and oxygen atoms in total. The van der Waals surface area contributed by atoms with Gasteiger partial charge >= 0.3 is 12.1 Å². The SMILES string of the molecule is Cc1cc(C(=O)NC[C@@H](O)CC2O[C@@](OC3CCCCC3NC(=O)CNC(=O)OCc3ccccc3)(C(=O)O)C[C@H](O)[C@H]2NC(=O)Cn2cc(C3CCCCC3)nn2)cc(C)c1O. The zero-order valence-corrected chi connectivity index (χ0v) is 35.7. The number of nitrogens with one attached hydrogen (secondary N) is 4. The first kappa shape index (κ1) is 46.9. The van der Waals surface area contributed by atoms with Crippen LogP contribution in [-0.2, 0) is 41.7 Å². The molecule has 1 aromatic heterocycles. The van der Waals surface area contributed by atoms with Crippen LogP contribution in [0.3, 0.4) is 0 Å². The Morgan fingerprint density at radius 2 is 1.63 bits per heavy atom. The number of aliphatic hydroxyl groups is 2. The minimum atomic E-state index is -2.49. The average Bonchev–Trinajstić information content (AvgIpc) is 3.74. The molecule has 3 unspecified atom stereocenters. The summed E-state index contributed by atoms with van der Waals surface area (Å²) in [5.74, 6) is -5.43. The highest BCUT2D eigenvalue weighted by molar-refractivity contribution is 5.95. The van der Waals surface area contributed by atoms with Crippen molar-refractivity contribution in [3.8, 4) is 5.75 Å². The number of aromatic nitrogens is 3. The fraction of sp³-hybridized carbons (Fsp3) is 0.568. The van der Waals surface area contributed by atoms with E-state index in [4.69, 9.17) is 14.2 Å². The molecule has 1 saturated heterocycles. The van der Waals surface area contributed by atoms with Crippen molar-refractivity contribution in [2.24, 2.45) is 0 Å². The van der Waals surface area contributed by atoms with Gasteiger partial charge in [-0.2, -0.15) is 0 Å². The summed E-state index contributed by atoms with van der Waals surface area (Å²) in [6.45, 7) is 2.31. The molecule has 1 aliphatic heterocycles. The van der Waals surface area contributed by atoms with Gasteiger partial charge in [-0.15, -0.1) is 5.10 Å². The molecule has 2 aliphatic carbocycles. The molecule has 3 aliphatic rings. The van der Waals surface area contributed by atoms with Crippen molar-refractivity contribution in [2.45, 2.75) is 146 Å². The van der Waals surface area contributed by atoms with Gasteiger partial charge in [-0.1, -0.05) is 67.6 Å². The van der Waals surface area contributed by atoms with Gasteiger partial charge in [0.05, 0.1) is 42.2 Å². The molecule has 19 heteroatoms. The van der Waals surface area contributed by atoms with Gasteiger partial charge in [0.2, 0.25) is 11.8 Å². The van der Waals surface area contributed by atoms with Crippen LogP contribution in [0.15, 0.2) is 48.7 Å². The van der Waals surface area contributed by atoms with E-state index in [0.29, 0.717) is 36.8 Å². The van der Waals surface area contributed by atoms with Gasteiger partial charge in [-0.25, -0.2) is 14.3 Å². The number of aliphatic carboxylic acids is 1.